The SMILES string of the molecule is CCOC(=O)Cc1cncc(-c2ccc(C(F)(F)F)cc2CN(CC)c2ccccn2)c1. The van der Waals surface area contributed by atoms with E-state index >= 15 is 0 Å². The summed E-state index contributed by atoms with van der Waals surface area (Å²) in [5.41, 5.74) is 1.65. The molecule has 0 spiro atoms. The number of ether oxygens (including phenoxy) is 1. The average Bonchev–Trinajstić information content (AvgIpc) is 2.77. The molecule has 0 fully saturated rings. The number of rotatable bonds is 8. The van der Waals surface area contributed by atoms with Crippen molar-refractivity contribution in [3.63, 3.8) is 0 Å². The van der Waals surface area contributed by atoms with E-state index in [-0.39, 0.29) is 25.5 Å². The minimum Gasteiger partial charge on any atom is -0.466 e. The Morgan fingerprint density at radius 1 is 1.09 bits per heavy atom. The lowest BCUT2D eigenvalue weighted by atomic mass is 9.96. The second-order valence-corrected chi connectivity index (χ2v) is 7.14. The van der Waals surface area contributed by atoms with Gasteiger partial charge in [0.05, 0.1) is 18.6 Å². The largest absolute Gasteiger partial charge is 0.466 e. The molecule has 168 valence electrons. The first-order valence-electron chi connectivity index (χ1n) is 10.3. The van der Waals surface area contributed by atoms with Gasteiger partial charge in [0.25, 0.3) is 0 Å². The van der Waals surface area contributed by atoms with Gasteiger partial charge in [-0.15, -0.1) is 0 Å². The summed E-state index contributed by atoms with van der Waals surface area (Å²) in [6.45, 7) is 4.71. The number of carbonyl (C=O) groups excluding carboxylic acids is 1. The van der Waals surface area contributed by atoms with Gasteiger partial charge >= 0.3 is 12.1 Å². The minimum atomic E-state index is -4.46. The van der Waals surface area contributed by atoms with E-state index in [9.17, 15) is 18.0 Å². The van der Waals surface area contributed by atoms with Crippen LogP contribution >= 0.6 is 0 Å². The molecule has 1 aromatic carbocycles. The van der Waals surface area contributed by atoms with E-state index in [0.717, 1.165) is 6.07 Å². The number of halogens is 3. The predicted octanol–water partition coefficient (Wildman–Crippen LogP) is 5.29. The number of nitrogens with zero attached hydrogens (tertiary/aromatic N) is 3. The van der Waals surface area contributed by atoms with E-state index in [1.165, 1.54) is 12.1 Å². The lowest BCUT2D eigenvalue weighted by Gasteiger charge is -2.24. The van der Waals surface area contributed by atoms with Crippen molar-refractivity contribution in [1.82, 2.24) is 9.97 Å². The van der Waals surface area contributed by atoms with Gasteiger partial charge in [-0.25, -0.2) is 4.98 Å². The molecule has 0 atom stereocenters. The molecule has 0 aliphatic rings. The monoisotopic (exact) mass is 443 g/mol. The van der Waals surface area contributed by atoms with Crippen LogP contribution in [0.1, 0.15) is 30.5 Å². The Hall–Kier alpha value is -3.42. The zero-order valence-corrected chi connectivity index (χ0v) is 17.9. The summed E-state index contributed by atoms with van der Waals surface area (Å²) >= 11 is 0. The third-order valence-electron chi connectivity index (χ3n) is 4.91. The maximum atomic E-state index is 13.4. The molecule has 32 heavy (non-hydrogen) atoms. The molecule has 0 saturated carbocycles. The number of carbonyl (C=O) groups is 1. The number of pyridine rings is 2. The second-order valence-electron chi connectivity index (χ2n) is 7.14. The normalized spacial score (nSPS) is 11.3. The Balaban J connectivity index is 2.01. The van der Waals surface area contributed by atoms with Crippen molar-refractivity contribution in [1.29, 1.82) is 0 Å². The molecule has 2 aromatic heterocycles. The average molecular weight is 443 g/mol. The molecule has 2 heterocycles. The highest BCUT2D eigenvalue weighted by atomic mass is 19.4. The summed E-state index contributed by atoms with van der Waals surface area (Å²) in [6.07, 6.45) is 0.362. The summed E-state index contributed by atoms with van der Waals surface area (Å²) in [5, 5.41) is 0. The van der Waals surface area contributed by atoms with Crippen LogP contribution in [0.25, 0.3) is 11.1 Å². The third kappa shape index (κ3) is 5.84. The highest BCUT2D eigenvalue weighted by molar-refractivity contribution is 5.74. The minimum absolute atomic E-state index is 0.0413. The second kappa shape index (κ2) is 10.3. The summed E-state index contributed by atoms with van der Waals surface area (Å²) in [7, 11) is 0. The number of hydrogen-bond acceptors (Lipinski definition) is 5. The maximum Gasteiger partial charge on any atom is 0.416 e. The van der Waals surface area contributed by atoms with Crippen LogP contribution in [0, 0.1) is 0 Å². The highest BCUT2D eigenvalue weighted by Gasteiger charge is 2.31. The van der Waals surface area contributed by atoms with Crippen LogP contribution in [0.3, 0.4) is 0 Å². The summed E-state index contributed by atoms with van der Waals surface area (Å²) in [4.78, 5) is 22.2. The van der Waals surface area contributed by atoms with Gasteiger partial charge < -0.3 is 9.64 Å². The molecule has 5 nitrogen and oxygen atoms in total. The van der Waals surface area contributed by atoms with E-state index in [1.54, 1.807) is 37.6 Å². The molecule has 0 bridgehead atoms. The van der Waals surface area contributed by atoms with Gasteiger partial charge in [0.1, 0.15) is 5.82 Å². The fourth-order valence-electron chi connectivity index (χ4n) is 3.39. The summed E-state index contributed by atoms with van der Waals surface area (Å²) < 4.78 is 45.3. The molecule has 0 unspecified atom stereocenters. The van der Waals surface area contributed by atoms with Gasteiger partial charge in [0, 0.05) is 37.2 Å². The molecule has 0 amide bonds. The molecule has 3 rings (SSSR count). The van der Waals surface area contributed by atoms with Crippen LogP contribution < -0.4 is 4.90 Å². The molecule has 0 aliphatic carbocycles. The van der Waals surface area contributed by atoms with Gasteiger partial charge in [-0.1, -0.05) is 12.1 Å². The maximum absolute atomic E-state index is 13.4. The van der Waals surface area contributed by atoms with Gasteiger partial charge in [-0.3, -0.25) is 9.78 Å². The molecular weight excluding hydrogens is 419 g/mol. The molecule has 8 heteroatoms. The van der Waals surface area contributed by atoms with Gasteiger partial charge in [0.2, 0.25) is 0 Å². The van der Waals surface area contributed by atoms with E-state index in [2.05, 4.69) is 9.97 Å². The quantitative estimate of drug-likeness (QED) is 0.443. The van der Waals surface area contributed by atoms with Crippen LogP contribution in [-0.2, 0) is 28.7 Å². The molecule has 0 aliphatic heterocycles. The van der Waals surface area contributed by atoms with E-state index in [4.69, 9.17) is 4.74 Å². The number of aromatic nitrogens is 2. The number of alkyl halides is 3. The van der Waals surface area contributed by atoms with Crippen LogP contribution in [-0.4, -0.2) is 29.1 Å². The van der Waals surface area contributed by atoms with E-state index in [1.807, 2.05) is 24.0 Å². The van der Waals surface area contributed by atoms with Crippen LogP contribution in [0.5, 0.6) is 0 Å². The Bertz CT molecular complexity index is 1060. The zero-order chi connectivity index (χ0) is 23.1. The van der Waals surface area contributed by atoms with Gasteiger partial charge in [-0.05, 0) is 60.9 Å². The highest BCUT2D eigenvalue weighted by Crippen LogP contribution is 2.34. The summed E-state index contributed by atoms with van der Waals surface area (Å²) in [5.74, 6) is 0.291. The number of esters is 1. The Kier molecular flexibility index (Phi) is 7.45. The smallest absolute Gasteiger partial charge is 0.416 e. The number of hydrogen-bond donors (Lipinski definition) is 0. The first-order valence-corrected chi connectivity index (χ1v) is 10.3. The molecular formula is C24H24F3N3O2. The Morgan fingerprint density at radius 3 is 2.56 bits per heavy atom. The number of benzene rings is 1. The van der Waals surface area contributed by atoms with Crippen molar-refractivity contribution in [3.05, 3.63) is 77.7 Å². The Morgan fingerprint density at radius 2 is 1.91 bits per heavy atom. The van der Waals surface area contributed by atoms with Crippen LogP contribution in [0.15, 0.2) is 61.1 Å². The predicted molar refractivity (Wildman–Crippen MR) is 116 cm³/mol. The van der Waals surface area contributed by atoms with Crippen molar-refractivity contribution in [2.45, 2.75) is 33.0 Å². The molecule has 0 saturated heterocycles. The topological polar surface area (TPSA) is 55.3 Å². The fraction of sp³-hybridized carbons (Fsp3) is 0.292. The molecule has 3 aromatic rings. The molecule has 0 N–H and O–H groups in total. The first kappa shape index (κ1) is 23.2. The third-order valence-corrected chi connectivity index (χ3v) is 4.91. The lowest BCUT2D eigenvalue weighted by molar-refractivity contribution is -0.142. The van der Waals surface area contributed by atoms with Crippen molar-refractivity contribution < 1.29 is 22.7 Å². The Labute approximate surface area is 184 Å². The van der Waals surface area contributed by atoms with Crippen molar-refractivity contribution >= 4 is 11.8 Å². The van der Waals surface area contributed by atoms with Gasteiger partial charge in [-0.2, -0.15) is 13.2 Å². The van der Waals surface area contributed by atoms with E-state index in [0.29, 0.717) is 34.6 Å². The molecule has 0 radical (unpaired) electrons. The lowest BCUT2D eigenvalue weighted by Crippen LogP contribution is -2.23. The van der Waals surface area contributed by atoms with Crippen molar-refractivity contribution in [3.8, 4) is 11.1 Å². The van der Waals surface area contributed by atoms with Crippen molar-refractivity contribution in [2.75, 3.05) is 18.1 Å². The zero-order valence-electron chi connectivity index (χ0n) is 17.9. The standard InChI is InChI=1S/C24H24F3N3O2/c1-3-30(22-7-5-6-10-29-22)16-19-13-20(24(25,26)27)8-9-21(19)18-11-17(14-28-15-18)12-23(31)32-4-2/h5-11,13-15H,3-4,12,16H2,1-2H3. The van der Waals surface area contributed by atoms with Gasteiger partial charge in [0.15, 0.2) is 0 Å². The van der Waals surface area contributed by atoms with E-state index < -0.39 is 11.7 Å². The summed E-state index contributed by atoms with van der Waals surface area (Å²) in [6, 6.07) is 10.9. The van der Waals surface area contributed by atoms with Crippen molar-refractivity contribution in [2.24, 2.45) is 0 Å². The van der Waals surface area contributed by atoms with Crippen LogP contribution in [0.2, 0.25) is 0 Å². The number of anilines is 1. The first-order chi connectivity index (χ1) is 15.3. The van der Waals surface area contributed by atoms with Crippen LogP contribution in [0.4, 0.5) is 19.0 Å². The fourth-order valence-corrected chi connectivity index (χ4v) is 3.39.